The van der Waals surface area contributed by atoms with Gasteiger partial charge in [-0.3, -0.25) is 0 Å². The molecule has 0 saturated heterocycles. The molecule has 5 heteroatoms. The normalized spacial score (nSPS) is 10.6. The van der Waals surface area contributed by atoms with Gasteiger partial charge in [0.05, 0.1) is 0 Å². The quantitative estimate of drug-likeness (QED) is 0.244. The Morgan fingerprint density at radius 2 is 0.700 bits per heavy atom. The van der Waals surface area contributed by atoms with Crippen molar-refractivity contribution < 1.29 is 26.2 Å². The zero-order valence-electron chi connectivity index (χ0n) is 22.7. The van der Waals surface area contributed by atoms with Crippen LogP contribution < -0.4 is 4.40 Å². The number of hydrogen-bond acceptors (Lipinski definition) is 0. The van der Waals surface area contributed by atoms with Crippen LogP contribution in [-0.2, 0) is 26.2 Å². The first kappa shape index (κ1) is 37.9. The van der Waals surface area contributed by atoms with Gasteiger partial charge in [0.25, 0.3) is 0 Å². The molecule has 3 nitrogen and oxygen atoms in total. The third-order valence-electron chi connectivity index (χ3n) is 3.14. The molecule has 0 radical (unpaired) electrons. The third kappa shape index (κ3) is 39.2. The van der Waals surface area contributed by atoms with Crippen molar-refractivity contribution in [3.8, 4) is 0 Å². The molecule has 0 saturated carbocycles. The predicted molar refractivity (Wildman–Crippen MR) is 141 cm³/mol. The Kier molecular flexibility index (Phi) is 30.7. The van der Waals surface area contributed by atoms with E-state index < -0.39 is 14.3 Å². The van der Waals surface area contributed by atoms with E-state index in [0.29, 0.717) is 36.3 Å². The average molecular weight is 560 g/mol. The summed E-state index contributed by atoms with van der Waals surface area (Å²) in [5, 5.41) is 12.8. The summed E-state index contributed by atoms with van der Waals surface area (Å²) >= 11 is -0.888. The van der Waals surface area contributed by atoms with Crippen molar-refractivity contribution in [3.05, 3.63) is 40.2 Å². The third-order valence-corrected chi connectivity index (χ3v) is 6.75. The Hall–Kier alpha value is 0.656. The van der Waals surface area contributed by atoms with Crippen molar-refractivity contribution in [1.82, 2.24) is 0 Å². The molecule has 30 heavy (non-hydrogen) atoms. The molecule has 0 N–H and O–H groups in total. The standard InChI is InChI=1S/C7H11Ge.3C6H14N.Zr/c1-8(2)7-5-3-4-6-7;3*1-5(2)7-6(3)4;/h3-6,8H,1-2H3;3*5-6H,1-4H3;/q4*-1;+4. The maximum Gasteiger partial charge on any atom is 4.00 e. The van der Waals surface area contributed by atoms with E-state index in [1.54, 1.807) is 4.40 Å². The van der Waals surface area contributed by atoms with Crippen molar-refractivity contribution in [2.75, 3.05) is 0 Å². The molecule has 0 spiro atoms. The topological polar surface area (TPSA) is 42.3 Å². The van der Waals surface area contributed by atoms with Gasteiger partial charge in [-0.05, 0) is 0 Å². The summed E-state index contributed by atoms with van der Waals surface area (Å²) in [5.41, 5.74) is 0. The van der Waals surface area contributed by atoms with Crippen LogP contribution in [0, 0.1) is 0 Å². The van der Waals surface area contributed by atoms with E-state index in [9.17, 15) is 0 Å². The molecule has 0 aliphatic heterocycles. The average Bonchev–Trinajstić information content (AvgIpc) is 2.98. The van der Waals surface area contributed by atoms with Crippen molar-refractivity contribution in [1.29, 1.82) is 0 Å². The molecule has 0 heterocycles. The summed E-state index contributed by atoms with van der Waals surface area (Å²) in [6.45, 7) is 25.2. The van der Waals surface area contributed by atoms with Gasteiger partial charge in [-0.15, -0.1) is 36.3 Å². The first-order chi connectivity index (χ1) is 13.2. The van der Waals surface area contributed by atoms with Gasteiger partial charge in [-0.1, -0.05) is 83.1 Å². The van der Waals surface area contributed by atoms with Crippen LogP contribution >= 0.6 is 0 Å². The summed E-state index contributed by atoms with van der Waals surface area (Å²) in [5.74, 6) is 4.78. The SMILES string of the molecule is CC(C)[N-]C(C)C.CC(C)[N-]C(C)C.CC(C)[N-]C(C)C.[CH3][GeH]([CH3])[c-]1cccc1.[Zr+4]. The van der Waals surface area contributed by atoms with Gasteiger partial charge in [0.15, 0.2) is 0 Å². The minimum atomic E-state index is -0.888. The van der Waals surface area contributed by atoms with E-state index in [1.807, 2.05) is 0 Å². The molecule has 176 valence electrons. The van der Waals surface area contributed by atoms with Crippen LogP contribution in [0.3, 0.4) is 0 Å². The fourth-order valence-electron chi connectivity index (χ4n) is 2.56. The Morgan fingerprint density at radius 1 is 0.500 bits per heavy atom. The Labute approximate surface area is 214 Å². The Bertz CT molecular complexity index is 363. The van der Waals surface area contributed by atoms with Crippen LogP contribution in [0.4, 0.5) is 0 Å². The Balaban J connectivity index is -0.000000149. The molecule has 1 aromatic rings. The van der Waals surface area contributed by atoms with E-state index in [2.05, 4.69) is 135 Å². The molecule has 1 aromatic carbocycles. The van der Waals surface area contributed by atoms with Crippen LogP contribution in [0.15, 0.2) is 24.3 Å². The summed E-state index contributed by atoms with van der Waals surface area (Å²) in [6.07, 6.45) is 0. The molecule has 0 aromatic heterocycles. The molecular weight excluding hydrogens is 506 g/mol. The largest absolute Gasteiger partial charge is 4.00 e. The van der Waals surface area contributed by atoms with Crippen LogP contribution in [-0.4, -0.2) is 50.6 Å². The van der Waals surface area contributed by atoms with Gasteiger partial charge in [0.1, 0.15) is 0 Å². The van der Waals surface area contributed by atoms with E-state index in [-0.39, 0.29) is 26.2 Å². The van der Waals surface area contributed by atoms with Crippen LogP contribution in [0.25, 0.3) is 16.0 Å². The molecule has 1 rings (SSSR count). The van der Waals surface area contributed by atoms with E-state index in [4.69, 9.17) is 0 Å². The summed E-state index contributed by atoms with van der Waals surface area (Å²) in [6, 6.07) is 11.7. The molecule has 0 bridgehead atoms. The molecule has 0 amide bonds. The maximum atomic E-state index is 4.28. The summed E-state index contributed by atoms with van der Waals surface area (Å²) in [4.78, 5) is 0. The molecular formula is C25H53GeN3Zr. The number of rotatable bonds is 7. The fraction of sp³-hybridized carbons (Fsp3) is 0.800. The zero-order valence-corrected chi connectivity index (χ0v) is 27.6. The molecule has 0 aliphatic rings. The zero-order chi connectivity index (χ0) is 23.6. The van der Waals surface area contributed by atoms with E-state index in [1.165, 1.54) is 0 Å². The van der Waals surface area contributed by atoms with E-state index >= 15 is 0 Å². The fourth-order valence-corrected chi connectivity index (χ4v) is 4.64. The molecule has 0 unspecified atom stereocenters. The maximum absolute atomic E-state index is 4.28. The van der Waals surface area contributed by atoms with Crippen molar-refractivity contribution in [3.63, 3.8) is 0 Å². The second-order valence-electron chi connectivity index (χ2n) is 9.38. The molecule has 0 atom stereocenters. The number of hydrogen-bond donors (Lipinski definition) is 0. The Morgan fingerprint density at radius 3 is 0.767 bits per heavy atom. The monoisotopic (exact) mass is 559 g/mol. The predicted octanol–water partition coefficient (Wildman–Crippen LogP) is 7.63. The van der Waals surface area contributed by atoms with Gasteiger partial charge in [-0.25, -0.2) is 0 Å². The minimum absolute atomic E-state index is 0. The van der Waals surface area contributed by atoms with Crippen molar-refractivity contribution in [2.24, 2.45) is 0 Å². The van der Waals surface area contributed by atoms with Gasteiger partial charge in [0.2, 0.25) is 0 Å². The number of nitrogens with zero attached hydrogens (tertiary/aromatic N) is 3. The van der Waals surface area contributed by atoms with Gasteiger partial charge >= 0.3 is 80.7 Å². The van der Waals surface area contributed by atoms with E-state index in [0.717, 1.165) is 0 Å². The first-order valence-corrected chi connectivity index (χ1v) is 17.6. The van der Waals surface area contributed by atoms with Crippen molar-refractivity contribution in [2.45, 2.75) is 131 Å². The molecule has 0 fully saturated rings. The smallest absolute Gasteiger partial charge is 4.00 e. The van der Waals surface area contributed by atoms with Crippen LogP contribution in [0.1, 0.15) is 83.1 Å². The summed E-state index contributed by atoms with van der Waals surface area (Å²) < 4.78 is 1.62. The second kappa shape index (κ2) is 24.3. The van der Waals surface area contributed by atoms with Gasteiger partial charge in [0, 0.05) is 0 Å². The van der Waals surface area contributed by atoms with Gasteiger partial charge in [-0.2, -0.15) is 0 Å². The van der Waals surface area contributed by atoms with Crippen LogP contribution in [0.5, 0.6) is 0 Å². The second-order valence-corrected chi connectivity index (χ2v) is 15.6. The first-order valence-electron chi connectivity index (χ1n) is 11.5. The van der Waals surface area contributed by atoms with Gasteiger partial charge < -0.3 is 16.0 Å². The summed E-state index contributed by atoms with van der Waals surface area (Å²) in [7, 11) is 0. The van der Waals surface area contributed by atoms with Crippen molar-refractivity contribution >= 4 is 18.7 Å². The minimum Gasteiger partial charge on any atom is 4.00 e. The molecule has 0 aliphatic carbocycles. The van der Waals surface area contributed by atoms with Crippen LogP contribution in [0.2, 0.25) is 11.5 Å².